The molecule has 0 saturated carbocycles. The molecule has 0 unspecified atom stereocenters. The molecule has 0 aliphatic rings. The maximum atomic E-state index is 12.7. The van der Waals surface area contributed by atoms with Crippen LogP contribution in [0.2, 0.25) is 0 Å². The van der Waals surface area contributed by atoms with Gasteiger partial charge in [-0.1, -0.05) is 25.1 Å². The van der Waals surface area contributed by atoms with Crippen LogP contribution in [0.4, 0.5) is 0 Å². The van der Waals surface area contributed by atoms with E-state index >= 15 is 0 Å². The van der Waals surface area contributed by atoms with Gasteiger partial charge < -0.3 is 9.73 Å². The number of aryl methyl sites for hydroxylation is 1. The second-order valence-corrected chi connectivity index (χ2v) is 5.63. The van der Waals surface area contributed by atoms with Crippen LogP contribution in [-0.4, -0.2) is 15.7 Å². The van der Waals surface area contributed by atoms with E-state index in [-0.39, 0.29) is 23.2 Å². The molecule has 1 N–H and O–H groups in total. The summed E-state index contributed by atoms with van der Waals surface area (Å²) in [6.07, 6.45) is 2.32. The minimum atomic E-state index is -0.333. The third-order valence-corrected chi connectivity index (χ3v) is 3.84. The molecule has 124 valence electrons. The highest BCUT2D eigenvalue weighted by molar-refractivity contribution is 6.04. The third kappa shape index (κ3) is 2.95. The fourth-order valence-corrected chi connectivity index (χ4v) is 2.64. The van der Waals surface area contributed by atoms with E-state index in [4.69, 9.17) is 4.42 Å². The van der Waals surface area contributed by atoms with E-state index in [1.54, 1.807) is 42.7 Å². The van der Waals surface area contributed by atoms with Gasteiger partial charge in [-0.05, 0) is 31.5 Å². The molecule has 0 saturated heterocycles. The number of carbonyl (C=O) groups is 1. The predicted octanol–water partition coefficient (Wildman–Crippen LogP) is 2.89. The summed E-state index contributed by atoms with van der Waals surface area (Å²) in [4.78, 5) is 25.2. The van der Waals surface area contributed by atoms with Gasteiger partial charge >= 0.3 is 0 Å². The average Bonchev–Trinajstić information content (AvgIpc) is 3.12. The Kier molecular flexibility index (Phi) is 4.46. The lowest BCUT2D eigenvalue weighted by molar-refractivity contribution is 0.0929. The zero-order valence-electron chi connectivity index (χ0n) is 13.7. The average molecular weight is 325 g/mol. The van der Waals surface area contributed by atoms with Gasteiger partial charge in [-0.15, -0.1) is 0 Å². The number of hydrogen-bond acceptors (Lipinski definition) is 4. The fraction of sp³-hybridized carbons (Fsp3) is 0.278. The summed E-state index contributed by atoms with van der Waals surface area (Å²) in [5.41, 5.74) is 0.0696. The third-order valence-electron chi connectivity index (χ3n) is 3.84. The summed E-state index contributed by atoms with van der Waals surface area (Å²) in [5.74, 6) is 0.328. The molecule has 3 rings (SSSR count). The van der Waals surface area contributed by atoms with Crippen LogP contribution in [0.15, 0.2) is 51.9 Å². The molecular weight excluding hydrogens is 306 g/mol. The normalized spacial score (nSPS) is 12.2. The van der Waals surface area contributed by atoms with E-state index in [0.717, 1.165) is 6.42 Å². The van der Waals surface area contributed by atoms with Crippen molar-refractivity contribution in [2.45, 2.75) is 32.9 Å². The Balaban J connectivity index is 2.03. The molecule has 1 amide bonds. The fourth-order valence-electron chi connectivity index (χ4n) is 2.64. The molecule has 6 heteroatoms. The Labute approximate surface area is 139 Å². The van der Waals surface area contributed by atoms with Crippen molar-refractivity contribution in [3.8, 4) is 0 Å². The summed E-state index contributed by atoms with van der Waals surface area (Å²) in [6.45, 7) is 4.26. The van der Waals surface area contributed by atoms with E-state index in [9.17, 15) is 9.59 Å². The van der Waals surface area contributed by atoms with E-state index in [1.165, 1.54) is 4.68 Å². The Morgan fingerprint density at radius 2 is 2.00 bits per heavy atom. The number of furan rings is 1. The quantitative estimate of drug-likeness (QED) is 0.782. The number of aromatic nitrogens is 2. The smallest absolute Gasteiger partial charge is 0.274 e. The molecule has 0 bridgehead atoms. The van der Waals surface area contributed by atoms with Gasteiger partial charge in [0, 0.05) is 11.9 Å². The first-order valence-corrected chi connectivity index (χ1v) is 7.96. The van der Waals surface area contributed by atoms with Crippen LogP contribution < -0.4 is 10.9 Å². The molecule has 6 nitrogen and oxygen atoms in total. The first-order valence-electron chi connectivity index (χ1n) is 7.96. The number of benzene rings is 1. The SMILES string of the molecule is CCCn1nc(C(=O)N[C@H](C)c2ccco2)c2ccccc2c1=O. The van der Waals surface area contributed by atoms with E-state index in [2.05, 4.69) is 10.4 Å². The van der Waals surface area contributed by atoms with E-state index < -0.39 is 0 Å². The second kappa shape index (κ2) is 6.70. The minimum absolute atomic E-state index is 0.178. The number of hydrogen-bond donors (Lipinski definition) is 1. The van der Waals surface area contributed by atoms with Gasteiger partial charge in [0.15, 0.2) is 5.69 Å². The van der Waals surface area contributed by atoms with Gasteiger partial charge in [0.2, 0.25) is 0 Å². The van der Waals surface area contributed by atoms with Crippen LogP contribution in [0, 0.1) is 0 Å². The molecule has 0 radical (unpaired) electrons. The molecular formula is C18H19N3O3. The van der Waals surface area contributed by atoms with Gasteiger partial charge in [-0.25, -0.2) is 4.68 Å². The zero-order chi connectivity index (χ0) is 17.1. The maximum Gasteiger partial charge on any atom is 0.274 e. The summed E-state index contributed by atoms with van der Waals surface area (Å²) >= 11 is 0. The minimum Gasteiger partial charge on any atom is -0.467 e. The largest absolute Gasteiger partial charge is 0.467 e. The van der Waals surface area contributed by atoms with E-state index in [1.807, 2.05) is 13.8 Å². The van der Waals surface area contributed by atoms with E-state index in [0.29, 0.717) is 23.1 Å². The van der Waals surface area contributed by atoms with Crippen LogP contribution in [0.3, 0.4) is 0 Å². The summed E-state index contributed by atoms with van der Waals surface area (Å²) in [6, 6.07) is 10.3. The Morgan fingerprint density at radius 3 is 2.67 bits per heavy atom. The molecule has 0 fully saturated rings. The summed E-state index contributed by atoms with van der Waals surface area (Å²) in [7, 11) is 0. The zero-order valence-corrected chi connectivity index (χ0v) is 13.7. The Bertz CT molecular complexity index is 913. The number of nitrogens with zero attached hydrogens (tertiary/aromatic N) is 2. The van der Waals surface area contributed by atoms with Crippen molar-refractivity contribution >= 4 is 16.7 Å². The van der Waals surface area contributed by atoms with Crippen LogP contribution in [0.5, 0.6) is 0 Å². The monoisotopic (exact) mass is 325 g/mol. The van der Waals surface area contributed by atoms with Crippen molar-refractivity contribution < 1.29 is 9.21 Å². The van der Waals surface area contributed by atoms with Crippen molar-refractivity contribution in [1.29, 1.82) is 0 Å². The lowest BCUT2D eigenvalue weighted by Crippen LogP contribution is -2.32. The molecule has 3 aromatic rings. The highest BCUT2D eigenvalue weighted by Crippen LogP contribution is 2.16. The maximum absolute atomic E-state index is 12.7. The van der Waals surface area contributed by atoms with Gasteiger partial charge in [0.25, 0.3) is 11.5 Å². The number of nitrogens with one attached hydrogen (secondary N) is 1. The van der Waals surface area contributed by atoms with Crippen LogP contribution in [0.1, 0.15) is 42.6 Å². The van der Waals surface area contributed by atoms with Crippen molar-refractivity contribution in [3.05, 3.63) is 64.5 Å². The van der Waals surface area contributed by atoms with Gasteiger partial charge in [-0.3, -0.25) is 9.59 Å². The molecule has 2 aromatic heterocycles. The van der Waals surface area contributed by atoms with Gasteiger partial charge in [0.05, 0.1) is 17.7 Å². The number of carbonyl (C=O) groups excluding carboxylic acids is 1. The Morgan fingerprint density at radius 1 is 1.25 bits per heavy atom. The second-order valence-electron chi connectivity index (χ2n) is 5.63. The molecule has 0 aliphatic heterocycles. The van der Waals surface area contributed by atoms with Crippen molar-refractivity contribution in [2.24, 2.45) is 0 Å². The molecule has 1 aromatic carbocycles. The lowest BCUT2D eigenvalue weighted by atomic mass is 10.1. The Hall–Kier alpha value is -2.89. The number of rotatable bonds is 5. The topological polar surface area (TPSA) is 77.1 Å². The molecule has 1 atom stereocenters. The summed E-state index contributed by atoms with van der Waals surface area (Å²) in [5, 5.41) is 8.21. The number of amides is 1. The van der Waals surface area contributed by atoms with Crippen molar-refractivity contribution in [2.75, 3.05) is 0 Å². The number of fused-ring (bicyclic) bond motifs is 1. The van der Waals surface area contributed by atoms with Gasteiger partial charge in [0.1, 0.15) is 5.76 Å². The summed E-state index contributed by atoms with van der Waals surface area (Å²) < 4.78 is 6.67. The molecule has 2 heterocycles. The van der Waals surface area contributed by atoms with Crippen LogP contribution >= 0.6 is 0 Å². The predicted molar refractivity (Wildman–Crippen MR) is 90.9 cm³/mol. The van der Waals surface area contributed by atoms with Gasteiger partial charge in [-0.2, -0.15) is 5.10 Å². The molecule has 24 heavy (non-hydrogen) atoms. The van der Waals surface area contributed by atoms with Crippen LogP contribution in [0.25, 0.3) is 10.8 Å². The first kappa shape index (κ1) is 16.0. The first-order chi connectivity index (χ1) is 11.6. The highest BCUT2D eigenvalue weighted by Gasteiger charge is 2.19. The highest BCUT2D eigenvalue weighted by atomic mass is 16.3. The van der Waals surface area contributed by atoms with Crippen molar-refractivity contribution in [1.82, 2.24) is 15.1 Å². The standard InChI is InChI=1S/C18H19N3O3/c1-3-10-21-18(23)14-8-5-4-7-13(14)16(20-21)17(22)19-12(2)15-9-6-11-24-15/h4-9,11-12H,3,10H2,1-2H3,(H,19,22)/t12-/m1/s1. The van der Waals surface area contributed by atoms with Crippen LogP contribution in [-0.2, 0) is 6.54 Å². The molecule has 0 spiro atoms. The lowest BCUT2D eigenvalue weighted by Gasteiger charge is -2.13. The molecule has 0 aliphatic carbocycles. The van der Waals surface area contributed by atoms with Crippen molar-refractivity contribution in [3.63, 3.8) is 0 Å².